The van der Waals surface area contributed by atoms with E-state index in [-0.39, 0.29) is 0 Å². The van der Waals surface area contributed by atoms with E-state index in [1.807, 2.05) is 18.2 Å². The van der Waals surface area contributed by atoms with E-state index in [0.29, 0.717) is 33.1 Å². The fraction of sp³-hybridized carbons (Fsp3) is 0.381. The molecule has 1 aliphatic heterocycles. The maximum absolute atomic E-state index is 10.8. The van der Waals surface area contributed by atoms with Crippen LogP contribution in [-0.2, 0) is 11.3 Å². The lowest BCUT2D eigenvalue weighted by Crippen LogP contribution is -2.11. The van der Waals surface area contributed by atoms with Crippen LogP contribution in [0.4, 0.5) is 0 Å². The molecule has 0 spiro atoms. The minimum atomic E-state index is -0.498. The summed E-state index contributed by atoms with van der Waals surface area (Å²) in [4.78, 5) is 4.86. The van der Waals surface area contributed by atoms with Crippen LogP contribution in [0.3, 0.4) is 0 Å². The molecule has 4 nitrogen and oxygen atoms in total. The van der Waals surface area contributed by atoms with Crippen molar-refractivity contribution in [1.29, 1.82) is 0 Å². The molecule has 3 aromatic rings. The lowest BCUT2D eigenvalue weighted by molar-refractivity contribution is 0.0814. The molecule has 5 rings (SSSR count). The van der Waals surface area contributed by atoms with Gasteiger partial charge < -0.3 is 14.4 Å². The highest BCUT2D eigenvalue weighted by Gasteiger charge is 2.35. The van der Waals surface area contributed by atoms with Gasteiger partial charge in [0, 0.05) is 34.3 Å². The van der Waals surface area contributed by atoms with E-state index in [0.717, 1.165) is 48.3 Å². The SMILES string of the molecule is OC(c1ccc(Cl)c2nc3n(c12)CCCOC3c1ccc(Cl)cc1Cl)C1CC1. The number of ether oxygens (including phenoxy) is 1. The zero-order chi connectivity index (χ0) is 19.4. The molecule has 2 unspecified atom stereocenters. The first-order valence-electron chi connectivity index (χ1n) is 9.47. The third kappa shape index (κ3) is 3.12. The van der Waals surface area contributed by atoms with Crippen molar-refractivity contribution in [2.75, 3.05) is 6.61 Å². The molecule has 0 amide bonds. The summed E-state index contributed by atoms with van der Waals surface area (Å²) >= 11 is 19.0. The number of hydrogen-bond acceptors (Lipinski definition) is 3. The predicted molar refractivity (Wildman–Crippen MR) is 111 cm³/mol. The van der Waals surface area contributed by atoms with Crippen LogP contribution in [-0.4, -0.2) is 21.3 Å². The lowest BCUT2D eigenvalue weighted by atomic mass is 10.0. The maximum atomic E-state index is 10.8. The largest absolute Gasteiger partial charge is 0.388 e. The highest BCUT2D eigenvalue weighted by atomic mass is 35.5. The number of fused-ring (bicyclic) bond motifs is 3. The molecule has 1 saturated carbocycles. The van der Waals surface area contributed by atoms with Crippen molar-refractivity contribution in [2.45, 2.75) is 38.0 Å². The number of nitrogens with zero attached hydrogens (tertiary/aromatic N) is 2. The van der Waals surface area contributed by atoms with Gasteiger partial charge in [-0.3, -0.25) is 0 Å². The summed E-state index contributed by atoms with van der Waals surface area (Å²) in [5.41, 5.74) is 3.32. The zero-order valence-corrected chi connectivity index (χ0v) is 17.3. The second kappa shape index (κ2) is 7.19. The Morgan fingerprint density at radius 2 is 1.93 bits per heavy atom. The van der Waals surface area contributed by atoms with Gasteiger partial charge in [-0.15, -0.1) is 0 Å². The monoisotopic (exact) mass is 436 g/mol. The van der Waals surface area contributed by atoms with Crippen LogP contribution in [0, 0.1) is 5.92 Å². The quantitative estimate of drug-likeness (QED) is 0.551. The summed E-state index contributed by atoms with van der Waals surface area (Å²) < 4.78 is 8.29. The van der Waals surface area contributed by atoms with E-state index in [4.69, 9.17) is 44.5 Å². The van der Waals surface area contributed by atoms with Crippen LogP contribution in [0.1, 0.15) is 48.4 Å². The van der Waals surface area contributed by atoms with E-state index >= 15 is 0 Å². The molecule has 2 aromatic carbocycles. The molecule has 146 valence electrons. The van der Waals surface area contributed by atoms with Gasteiger partial charge in [-0.05, 0) is 43.4 Å². The molecule has 2 heterocycles. The van der Waals surface area contributed by atoms with Crippen LogP contribution in [0.2, 0.25) is 15.1 Å². The van der Waals surface area contributed by atoms with Gasteiger partial charge in [-0.1, -0.05) is 46.9 Å². The molecule has 1 aliphatic carbocycles. The summed E-state index contributed by atoms with van der Waals surface area (Å²) in [7, 11) is 0. The molecule has 1 fully saturated rings. The van der Waals surface area contributed by atoms with E-state index in [9.17, 15) is 5.11 Å². The molecule has 28 heavy (non-hydrogen) atoms. The molecule has 0 saturated heterocycles. The van der Waals surface area contributed by atoms with Gasteiger partial charge in [0.15, 0.2) is 0 Å². The van der Waals surface area contributed by atoms with Gasteiger partial charge in [0.25, 0.3) is 0 Å². The molecular formula is C21H19Cl3N2O2. The number of aryl methyl sites for hydroxylation is 1. The van der Waals surface area contributed by atoms with Crippen LogP contribution >= 0.6 is 34.8 Å². The fourth-order valence-electron chi connectivity index (χ4n) is 4.02. The molecule has 7 heteroatoms. The van der Waals surface area contributed by atoms with Crippen molar-refractivity contribution in [3.8, 4) is 0 Å². The Morgan fingerprint density at radius 3 is 2.68 bits per heavy atom. The first kappa shape index (κ1) is 18.7. The van der Waals surface area contributed by atoms with Crippen molar-refractivity contribution in [2.24, 2.45) is 5.92 Å². The van der Waals surface area contributed by atoms with Gasteiger partial charge in [-0.2, -0.15) is 0 Å². The number of benzene rings is 2. The highest BCUT2D eigenvalue weighted by Crippen LogP contribution is 2.45. The Bertz CT molecular complexity index is 1060. The Labute approximate surface area is 178 Å². The number of aliphatic hydroxyl groups excluding tert-OH is 1. The first-order chi connectivity index (χ1) is 13.5. The maximum Gasteiger partial charge on any atom is 0.143 e. The second-order valence-electron chi connectivity index (χ2n) is 7.51. The number of aromatic nitrogens is 2. The van der Waals surface area contributed by atoms with Crippen LogP contribution in [0.15, 0.2) is 30.3 Å². The molecule has 2 atom stereocenters. The standard InChI is InChI=1S/C21H19Cl3N2O2/c22-12-4-5-13(16(24)10-12)20-21-25-17-15(23)7-6-14(19(27)11-2-3-11)18(17)26(21)8-1-9-28-20/h4-7,10-11,19-20,27H,1-3,8-9H2. The Hall–Kier alpha value is -1.30. The summed E-state index contributed by atoms with van der Waals surface area (Å²) in [6.07, 6.45) is 2.03. The third-order valence-electron chi connectivity index (χ3n) is 5.58. The normalized spacial score (nSPS) is 20.8. The van der Waals surface area contributed by atoms with E-state index in [1.165, 1.54) is 0 Å². The fourth-order valence-corrected chi connectivity index (χ4v) is 4.72. The summed E-state index contributed by atoms with van der Waals surface area (Å²) in [6, 6.07) is 9.15. The van der Waals surface area contributed by atoms with Gasteiger partial charge in [-0.25, -0.2) is 4.98 Å². The Morgan fingerprint density at radius 1 is 1.11 bits per heavy atom. The minimum Gasteiger partial charge on any atom is -0.388 e. The lowest BCUT2D eigenvalue weighted by Gasteiger charge is -2.18. The van der Waals surface area contributed by atoms with Crippen molar-refractivity contribution in [3.05, 3.63) is 62.4 Å². The molecular weight excluding hydrogens is 419 g/mol. The van der Waals surface area contributed by atoms with E-state index in [1.54, 1.807) is 12.1 Å². The average Bonchev–Trinajstić information content (AvgIpc) is 3.47. The van der Waals surface area contributed by atoms with Gasteiger partial charge in [0.2, 0.25) is 0 Å². The van der Waals surface area contributed by atoms with Crippen molar-refractivity contribution >= 4 is 45.8 Å². The van der Waals surface area contributed by atoms with Gasteiger partial charge in [0.05, 0.1) is 16.6 Å². The molecule has 2 aliphatic rings. The third-order valence-corrected chi connectivity index (χ3v) is 6.45. The number of rotatable bonds is 3. The number of aliphatic hydroxyl groups is 1. The second-order valence-corrected chi connectivity index (χ2v) is 8.76. The van der Waals surface area contributed by atoms with Crippen molar-refractivity contribution in [3.63, 3.8) is 0 Å². The summed E-state index contributed by atoms with van der Waals surface area (Å²) in [6.45, 7) is 1.34. The Balaban J connectivity index is 1.72. The van der Waals surface area contributed by atoms with Gasteiger partial charge in [0.1, 0.15) is 17.4 Å². The highest BCUT2D eigenvalue weighted by molar-refractivity contribution is 6.35. The van der Waals surface area contributed by atoms with Crippen LogP contribution in [0.5, 0.6) is 0 Å². The average molecular weight is 438 g/mol. The van der Waals surface area contributed by atoms with Crippen LogP contribution in [0.25, 0.3) is 11.0 Å². The van der Waals surface area contributed by atoms with Gasteiger partial charge >= 0.3 is 0 Å². The Kier molecular flexibility index (Phi) is 4.80. The predicted octanol–water partition coefficient (Wildman–Crippen LogP) is 5.95. The zero-order valence-electron chi connectivity index (χ0n) is 15.0. The van der Waals surface area contributed by atoms with Crippen LogP contribution < -0.4 is 0 Å². The molecule has 0 radical (unpaired) electrons. The van der Waals surface area contributed by atoms with Crippen molar-refractivity contribution < 1.29 is 9.84 Å². The summed E-state index contributed by atoms with van der Waals surface area (Å²) in [5.74, 6) is 1.08. The minimum absolute atomic E-state index is 0.319. The number of hydrogen-bond donors (Lipinski definition) is 1. The topological polar surface area (TPSA) is 47.3 Å². The molecule has 1 N–H and O–H groups in total. The van der Waals surface area contributed by atoms with E-state index < -0.39 is 12.2 Å². The van der Waals surface area contributed by atoms with Crippen molar-refractivity contribution in [1.82, 2.24) is 9.55 Å². The molecule has 0 bridgehead atoms. The summed E-state index contributed by atoms with van der Waals surface area (Å²) in [5, 5.41) is 12.5. The first-order valence-corrected chi connectivity index (χ1v) is 10.6. The number of imidazole rings is 1. The van der Waals surface area contributed by atoms with E-state index in [2.05, 4.69) is 4.57 Å². The number of halogens is 3. The molecule has 1 aromatic heterocycles. The smallest absolute Gasteiger partial charge is 0.143 e.